The van der Waals surface area contributed by atoms with Gasteiger partial charge in [-0.25, -0.2) is 0 Å². The van der Waals surface area contributed by atoms with Crippen LogP contribution in [0.15, 0.2) is 34.9 Å². The second-order valence-corrected chi connectivity index (χ2v) is 5.60. The van der Waals surface area contributed by atoms with E-state index in [4.69, 9.17) is 21.2 Å². The summed E-state index contributed by atoms with van der Waals surface area (Å²) in [5, 5.41) is 13.4. The van der Waals surface area contributed by atoms with E-state index in [2.05, 4.69) is 5.16 Å². The van der Waals surface area contributed by atoms with Crippen molar-refractivity contribution in [3.8, 4) is 11.3 Å². The number of carbonyl (C=O) groups excluding carboxylic acids is 1. The van der Waals surface area contributed by atoms with Gasteiger partial charge in [0.1, 0.15) is 5.69 Å². The van der Waals surface area contributed by atoms with Crippen molar-refractivity contribution in [3.63, 3.8) is 0 Å². The Hall–Kier alpha value is -2.34. The molecule has 0 spiro atoms. The SMILES string of the molecule is O=C(O)[C@@H]1CCN(C(=O)c2cc(-c3cccc(Cl)c3)no2)C1. The number of likely N-dealkylation sites (tertiary alicyclic amines) is 1. The van der Waals surface area contributed by atoms with Crippen molar-refractivity contribution in [1.82, 2.24) is 10.1 Å². The second kappa shape index (κ2) is 5.81. The number of carboxylic acids is 1. The minimum Gasteiger partial charge on any atom is -0.481 e. The van der Waals surface area contributed by atoms with Gasteiger partial charge in [-0.3, -0.25) is 9.59 Å². The molecule has 1 aromatic carbocycles. The average molecular weight is 321 g/mol. The van der Waals surface area contributed by atoms with Crippen LogP contribution >= 0.6 is 11.6 Å². The molecule has 114 valence electrons. The summed E-state index contributed by atoms with van der Waals surface area (Å²) in [6.07, 6.45) is 0.455. The van der Waals surface area contributed by atoms with E-state index in [1.807, 2.05) is 6.07 Å². The monoisotopic (exact) mass is 320 g/mol. The highest BCUT2D eigenvalue weighted by atomic mass is 35.5. The third-order valence-electron chi connectivity index (χ3n) is 3.67. The molecule has 2 aromatic rings. The smallest absolute Gasteiger partial charge is 0.308 e. The molecule has 1 fully saturated rings. The number of carbonyl (C=O) groups is 2. The van der Waals surface area contributed by atoms with Crippen LogP contribution in [0.25, 0.3) is 11.3 Å². The Labute approximate surface area is 131 Å². The van der Waals surface area contributed by atoms with Crippen LogP contribution in [0.4, 0.5) is 0 Å². The molecule has 0 unspecified atom stereocenters. The number of carboxylic acid groups (broad SMARTS) is 1. The summed E-state index contributed by atoms with van der Waals surface area (Å²) in [5.74, 6) is -1.64. The van der Waals surface area contributed by atoms with Gasteiger partial charge in [0.15, 0.2) is 0 Å². The van der Waals surface area contributed by atoms with Crippen LogP contribution in [-0.2, 0) is 4.79 Å². The van der Waals surface area contributed by atoms with Crippen molar-refractivity contribution in [2.24, 2.45) is 5.92 Å². The van der Waals surface area contributed by atoms with E-state index in [0.29, 0.717) is 23.7 Å². The Bertz CT molecular complexity index is 728. The molecule has 1 amide bonds. The number of hydrogen-bond donors (Lipinski definition) is 1. The zero-order valence-corrected chi connectivity index (χ0v) is 12.3. The molecular formula is C15H13ClN2O4. The number of aromatic nitrogens is 1. The molecule has 1 aromatic heterocycles. The van der Waals surface area contributed by atoms with Crippen molar-refractivity contribution < 1.29 is 19.2 Å². The van der Waals surface area contributed by atoms with Gasteiger partial charge in [-0.05, 0) is 18.6 Å². The van der Waals surface area contributed by atoms with Gasteiger partial charge in [0, 0.05) is 29.7 Å². The predicted octanol–water partition coefficient (Wildman–Crippen LogP) is 2.54. The summed E-state index contributed by atoms with van der Waals surface area (Å²) in [6.45, 7) is 0.602. The lowest BCUT2D eigenvalue weighted by molar-refractivity contribution is -0.141. The summed E-state index contributed by atoms with van der Waals surface area (Å²) >= 11 is 5.92. The largest absolute Gasteiger partial charge is 0.481 e. The van der Waals surface area contributed by atoms with Crippen molar-refractivity contribution >= 4 is 23.5 Å². The fourth-order valence-electron chi connectivity index (χ4n) is 2.46. The fraction of sp³-hybridized carbons (Fsp3) is 0.267. The van der Waals surface area contributed by atoms with Gasteiger partial charge in [0.2, 0.25) is 5.76 Å². The highest BCUT2D eigenvalue weighted by Gasteiger charge is 2.32. The van der Waals surface area contributed by atoms with Gasteiger partial charge in [0.25, 0.3) is 5.91 Å². The number of halogens is 1. The standard InChI is InChI=1S/C15H13ClN2O4/c16-11-3-1-2-9(6-11)12-7-13(22-17-12)14(19)18-5-4-10(8-18)15(20)21/h1-3,6-7,10H,4-5,8H2,(H,20,21)/t10-/m1/s1. The lowest BCUT2D eigenvalue weighted by atomic mass is 10.1. The molecule has 6 nitrogen and oxygen atoms in total. The van der Waals surface area contributed by atoms with Crippen molar-refractivity contribution in [3.05, 3.63) is 41.1 Å². The van der Waals surface area contributed by atoms with Gasteiger partial charge in [-0.2, -0.15) is 0 Å². The third kappa shape index (κ3) is 2.82. The lowest BCUT2D eigenvalue weighted by Gasteiger charge is -2.12. The molecule has 22 heavy (non-hydrogen) atoms. The molecule has 0 saturated carbocycles. The Morgan fingerprint density at radius 3 is 2.86 bits per heavy atom. The Morgan fingerprint density at radius 1 is 1.36 bits per heavy atom. The molecule has 7 heteroatoms. The summed E-state index contributed by atoms with van der Waals surface area (Å²) < 4.78 is 5.10. The molecule has 1 N–H and O–H groups in total. The minimum absolute atomic E-state index is 0.0982. The van der Waals surface area contributed by atoms with Crippen LogP contribution in [0.2, 0.25) is 5.02 Å². The first-order chi connectivity index (χ1) is 10.5. The predicted molar refractivity (Wildman–Crippen MR) is 78.6 cm³/mol. The summed E-state index contributed by atoms with van der Waals surface area (Å²) in [5.41, 5.74) is 1.26. The van der Waals surface area contributed by atoms with E-state index >= 15 is 0 Å². The number of aliphatic carboxylic acids is 1. The molecule has 0 radical (unpaired) electrons. The first-order valence-electron chi connectivity index (χ1n) is 6.79. The van der Waals surface area contributed by atoms with Crippen LogP contribution in [0.5, 0.6) is 0 Å². The number of nitrogens with zero attached hydrogens (tertiary/aromatic N) is 2. The highest BCUT2D eigenvalue weighted by Crippen LogP contribution is 2.24. The molecule has 0 aliphatic carbocycles. The molecule has 1 atom stereocenters. The summed E-state index contributed by atoms with van der Waals surface area (Å²) in [7, 11) is 0. The maximum atomic E-state index is 12.3. The molecule has 2 heterocycles. The van der Waals surface area contributed by atoms with Crippen LogP contribution < -0.4 is 0 Å². The Morgan fingerprint density at radius 2 is 2.18 bits per heavy atom. The van der Waals surface area contributed by atoms with Gasteiger partial charge in [-0.15, -0.1) is 0 Å². The zero-order valence-electron chi connectivity index (χ0n) is 11.5. The van der Waals surface area contributed by atoms with Crippen molar-refractivity contribution in [2.75, 3.05) is 13.1 Å². The second-order valence-electron chi connectivity index (χ2n) is 5.16. The molecule has 1 saturated heterocycles. The lowest BCUT2D eigenvalue weighted by Crippen LogP contribution is -2.29. The van der Waals surface area contributed by atoms with Gasteiger partial charge in [0.05, 0.1) is 5.92 Å². The number of benzene rings is 1. The van der Waals surface area contributed by atoms with E-state index in [1.54, 1.807) is 24.3 Å². The van der Waals surface area contributed by atoms with Gasteiger partial charge < -0.3 is 14.5 Å². The summed E-state index contributed by atoms with van der Waals surface area (Å²) in [4.78, 5) is 24.7. The number of hydrogen-bond acceptors (Lipinski definition) is 4. The van der Waals surface area contributed by atoms with Crippen LogP contribution in [0, 0.1) is 5.92 Å². The topological polar surface area (TPSA) is 83.6 Å². The van der Waals surface area contributed by atoms with E-state index in [9.17, 15) is 9.59 Å². The third-order valence-corrected chi connectivity index (χ3v) is 3.90. The quantitative estimate of drug-likeness (QED) is 0.939. The van der Waals surface area contributed by atoms with E-state index in [0.717, 1.165) is 5.56 Å². The first-order valence-corrected chi connectivity index (χ1v) is 7.17. The maximum absolute atomic E-state index is 12.3. The fourth-order valence-corrected chi connectivity index (χ4v) is 2.65. The van der Waals surface area contributed by atoms with Crippen LogP contribution in [-0.4, -0.2) is 40.1 Å². The summed E-state index contributed by atoms with van der Waals surface area (Å²) in [6, 6.07) is 8.61. The van der Waals surface area contributed by atoms with E-state index < -0.39 is 11.9 Å². The maximum Gasteiger partial charge on any atom is 0.308 e. The van der Waals surface area contributed by atoms with Crippen LogP contribution in [0.1, 0.15) is 17.0 Å². The number of amides is 1. The normalized spacial score (nSPS) is 17.7. The first kappa shape index (κ1) is 14.6. The van der Waals surface area contributed by atoms with Crippen molar-refractivity contribution in [1.29, 1.82) is 0 Å². The zero-order chi connectivity index (χ0) is 15.7. The van der Waals surface area contributed by atoms with Crippen LogP contribution in [0.3, 0.4) is 0 Å². The number of rotatable bonds is 3. The van der Waals surface area contributed by atoms with Gasteiger partial charge >= 0.3 is 5.97 Å². The molecular weight excluding hydrogens is 308 g/mol. The van der Waals surface area contributed by atoms with E-state index in [1.165, 1.54) is 4.90 Å². The molecule has 1 aliphatic rings. The Kier molecular flexibility index (Phi) is 3.85. The average Bonchev–Trinajstić information content (AvgIpc) is 3.16. The van der Waals surface area contributed by atoms with Crippen molar-refractivity contribution in [2.45, 2.75) is 6.42 Å². The highest BCUT2D eigenvalue weighted by molar-refractivity contribution is 6.30. The molecule has 1 aliphatic heterocycles. The van der Waals surface area contributed by atoms with E-state index in [-0.39, 0.29) is 18.2 Å². The Balaban J connectivity index is 1.77. The minimum atomic E-state index is -0.882. The molecule has 0 bridgehead atoms. The van der Waals surface area contributed by atoms with Gasteiger partial charge in [-0.1, -0.05) is 28.9 Å². The molecule has 3 rings (SSSR count).